The van der Waals surface area contributed by atoms with Crippen LogP contribution in [0.15, 0.2) is 24.3 Å². The highest BCUT2D eigenvalue weighted by Crippen LogP contribution is 2.10. The maximum Gasteiger partial charge on any atom is 0.332 e. The third kappa shape index (κ3) is 7.58. The summed E-state index contributed by atoms with van der Waals surface area (Å²) in [6, 6.07) is 7.81. The Morgan fingerprint density at radius 3 is 2.48 bits per heavy atom. The van der Waals surface area contributed by atoms with Crippen LogP contribution in [0.3, 0.4) is 0 Å². The smallest absolute Gasteiger partial charge is 0.332 e. The zero-order valence-electron chi connectivity index (χ0n) is 12.6. The first-order valence-corrected chi connectivity index (χ1v) is 6.88. The van der Waals surface area contributed by atoms with Gasteiger partial charge in [0.25, 0.3) is 0 Å². The maximum absolute atomic E-state index is 11.3. The zero-order chi connectivity index (χ0) is 15.5. The Kier molecular flexibility index (Phi) is 8.31. The van der Waals surface area contributed by atoms with Crippen LogP contribution >= 0.6 is 0 Å². The SMILES string of the molecule is COCC(=O)CCCc1cccc(COC(=O)COC)c1. The van der Waals surface area contributed by atoms with Gasteiger partial charge in [0.2, 0.25) is 0 Å². The highest BCUT2D eigenvalue weighted by Gasteiger charge is 2.04. The highest BCUT2D eigenvalue weighted by molar-refractivity contribution is 5.79. The lowest BCUT2D eigenvalue weighted by atomic mass is 10.0. The summed E-state index contributed by atoms with van der Waals surface area (Å²) in [4.78, 5) is 22.6. The van der Waals surface area contributed by atoms with Gasteiger partial charge in [-0.2, -0.15) is 0 Å². The summed E-state index contributed by atoms with van der Waals surface area (Å²) < 4.78 is 14.5. The van der Waals surface area contributed by atoms with Crippen molar-refractivity contribution >= 4 is 11.8 Å². The number of hydrogen-bond donors (Lipinski definition) is 0. The molecule has 0 aliphatic carbocycles. The van der Waals surface area contributed by atoms with Crippen LogP contribution in [0.4, 0.5) is 0 Å². The number of benzene rings is 1. The number of Topliss-reactive ketones (excluding diaryl/α,β-unsaturated/α-hetero) is 1. The fourth-order valence-corrected chi connectivity index (χ4v) is 1.92. The third-order valence-electron chi connectivity index (χ3n) is 2.88. The molecule has 0 fully saturated rings. The zero-order valence-corrected chi connectivity index (χ0v) is 12.6. The van der Waals surface area contributed by atoms with Crippen LogP contribution in [-0.4, -0.2) is 39.2 Å². The molecule has 0 unspecified atom stereocenters. The van der Waals surface area contributed by atoms with Crippen molar-refractivity contribution in [3.8, 4) is 0 Å². The van der Waals surface area contributed by atoms with Crippen LogP contribution in [0.25, 0.3) is 0 Å². The number of ketones is 1. The summed E-state index contributed by atoms with van der Waals surface area (Å²) in [7, 11) is 2.97. The summed E-state index contributed by atoms with van der Waals surface area (Å²) in [5.41, 5.74) is 2.06. The van der Waals surface area contributed by atoms with E-state index in [4.69, 9.17) is 14.2 Å². The monoisotopic (exact) mass is 294 g/mol. The molecule has 5 heteroatoms. The van der Waals surface area contributed by atoms with Crippen LogP contribution in [0, 0.1) is 0 Å². The molecule has 1 rings (SSSR count). The summed E-state index contributed by atoms with van der Waals surface area (Å²) in [6.07, 6.45) is 2.12. The summed E-state index contributed by atoms with van der Waals surface area (Å²) in [5, 5.41) is 0. The number of hydrogen-bond acceptors (Lipinski definition) is 5. The van der Waals surface area contributed by atoms with Gasteiger partial charge in [0.15, 0.2) is 5.78 Å². The van der Waals surface area contributed by atoms with Crippen LogP contribution in [0.5, 0.6) is 0 Å². The van der Waals surface area contributed by atoms with Crippen molar-refractivity contribution in [2.24, 2.45) is 0 Å². The minimum atomic E-state index is -0.381. The average Bonchev–Trinajstić information content (AvgIpc) is 2.46. The van der Waals surface area contributed by atoms with Crippen molar-refractivity contribution < 1.29 is 23.8 Å². The van der Waals surface area contributed by atoms with Crippen molar-refractivity contribution in [2.45, 2.75) is 25.9 Å². The van der Waals surface area contributed by atoms with Gasteiger partial charge in [-0.1, -0.05) is 24.3 Å². The predicted octanol–water partition coefficient (Wildman–Crippen LogP) is 1.91. The van der Waals surface area contributed by atoms with Gasteiger partial charge in [-0.25, -0.2) is 4.79 Å². The van der Waals surface area contributed by atoms with Gasteiger partial charge in [0.1, 0.15) is 19.8 Å². The number of esters is 1. The Hall–Kier alpha value is -1.72. The van der Waals surface area contributed by atoms with Crippen LogP contribution in [-0.2, 0) is 36.8 Å². The largest absolute Gasteiger partial charge is 0.459 e. The first kappa shape index (κ1) is 17.3. The second-order valence-corrected chi connectivity index (χ2v) is 4.74. The summed E-state index contributed by atoms with van der Waals surface area (Å²) >= 11 is 0. The number of rotatable bonds is 10. The van der Waals surface area contributed by atoms with E-state index in [0.717, 1.165) is 24.0 Å². The van der Waals surface area contributed by atoms with E-state index >= 15 is 0 Å². The van der Waals surface area contributed by atoms with Gasteiger partial charge in [0.05, 0.1) is 0 Å². The van der Waals surface area contributed by atoms with E-state index in [9.17, 15) is 9.59 Å². The molecule has 116 valence electrons. The van der Waals surface area contributed by atoms with E-state index in [2.05, 4.69) is 0 Å². The molecule has 0 aliphatic heterocycles. The molecule has 0 atom stereocenters. The number of ether oxygens (including phenoxy) is 3. The van der Waals surface area contributed by atoms with Gasteiger partial charge in [0, 0.05) is 20.6 Å². The van der Waals surface area contributed by atoms with Crippen LogP contribution in [0.1, 0.15) is 24.0 Å². The number of methoxy groups -OCH3 is 2. The van der Waals surface area contributed by atoms with Crippen molar-refractivity contribution in [2.75, 3.05) is 27.4 Å². The molecule has 0 amide bonds. The van der Waals surface area contributed by atoms with Gasteiger partial charge < -0.3 is 14.2 Å². The molecule has 0 spiro atoms. The second-order valence-electron chi connectivity index (χ2n) is 4.74. The van der Waals surface area contributed by atoms with Gasteiger partial charge >= 0.3 is 5.97 Å². The maximum atomic E-state index is 11.3. The van der Waals surface area contributed by atoms with E-state index in [1.165, 1.54) is 14.2 Å². The van der Waals surface area contributed by atoms with Gasteiger partial charge in [-0.3, -0.25) is 4.79 Å². The number of aryl methyl sites for hydroxylation is 1. The van der Waals surface area contributed by atoms with E-state index in [1.807, 2.05) is 24.3 Å². The number of carbonyl (C=O) groups excluding carboxylic acids is 2. The second kappa shape index (κ2) is 10.1. The first-order valence-electron chi connectivity index (χ1n) is 6.88. The van der Waals surface area contributed by atoms with Crippen molar-refractivity contribution in [3.63, 3.8) is 0 Å². The van der Waals surface area contributed by atoms with Gasteiger partial charge in [-0.05, 0) is 24.0 Å². The molecular formula is C16H22O5. The lowest BCUT2D eigenvalue weighted by Gasteiger charge is -2.07. The molecule has 0 aliphatic rings. The van der Waals surface area contributed by atoms with Crippen molar-refractivity contribution in [1.82, 2.24) is 0 Å². The van der Waals surface area contributed by atoms with Crippen LogP contribution in [0.2, 0.25) is 0 Å². The van der Waals surface area contributed by atoms with Crippen molar-refractivity contribution in [3.05, 3.63) is 35.4 Å². The minimum absolute atomic E-state index is 0.0404. The standard InChI is InChI=1S/C16H22O5/c1-19-11-15(17)8-4-6-13-5-3-7-14(9-13)10-21-16(18)12-20-2/h3,5,7,9H,4,6,8,10-12H2,1-2H3. The summed E-state index contributed by atoms with van der Waals surface area (Å²) in [6.45, 7) is 0.370. The normalized spacial score (nSPS) is 10.4. The topological polar surface area (TPSA) is 61.8 Å². The van der Waals surface area contributed by atoms with Gasteiger partial charge in [-0.15, -0.1) is 0 Å². The molecule has 0 aromatic heterocycles. The lowest BCUT2D eigenvalue weighted by Crippen LogP contribution is -2.11. The van der Waals surface area contributed by atoms with Crippen LogP contribution < -0.4 is 0 Å². The number of carbonyl (C=O) groups is 2. The molecule has 0 N–H and O–H groups in total. The quantitative estimate of drug-likeness (QED) is 0.617. The highest BCUT2D eigenvalue weighted by atomic mass is 16.6. The first-order chi connectivity index (χ1) is 10.2. The van der Waals surface area contributed by atoms with E-state index in [0.29, 0.717) is 6.42 Å². The van der Waals surface area contributed by atoms with Crippen molar-refractivity contribution in [1.29, 1.82) is 0 Å². The summed E-state index contributed by atoms with van der Waals surface area (Å²) in [5.74, 6) is -0.268. The van der Waals surface area contributed by atoms with E-state index in [1.54, 1.807) is 0 Å². The molecule has 0 saturated carbocycles. The molecule has 0 bridgehead atoms. The van der Waals surface area contributed by atoms with E-state index in [-0.39, 0.29) is 31.6 Å². The fourth-order valence-electron chi connectivity index (χ4n) is 1.92. The lowest BCUT2D eigenvalue weighted by molar-refractivity contribution is -0.149. The molecule has 0 saturated heterocycles. The Balaban J connectivity index is 2.38. The fraction of sp³-hybridized carbons (Fsp3) is 0.500. The Morgan fingerprint density at radius 2 is 1.76 bits per heavy atom. The molecular weight excluding hydrogens is 272 g/mol. The Bertz CT molecular complexity index is 456. The molecule has 21 heavy (non-hydrogen) atoms. The average molecular weight is 294 g/mol. The minimum Gasteiger partial charge on any atom is -0.459 e. The molecule has 1 aromatic rings. The molecule has 0 heterocycles. The van der Waals surface area contributed by atoms with E-state index < -0.39 is 0 Å². The molecule has 0 radical (unpaired) electrons. The molecule has 5 nitrogen and oxygen atoms in total. The molecule has 1 aromatic carbocycles. The Labute approximate surface area is 125 Å². The Morgan fingerprint density at radius 1 is 1.05 bits per heavy atom. The predicted molar refractivity (Wildman–Crippen MR) is 77.9 cm³/mol. The third-order valence-corrected chi connectivity index (χ3v) is 2.88.